The number of benzene rings is 1. The maximum Gasteiger partial charge on any atom is 0.229 e. The lowest BCUT2D eigenvalue weighted by Crippen LogP contribution is -2.36. The fourth-order valence-electron chi connectivity index (χ4n) is 3.33. The highest BCUT2D eigenvalue weighted by Crippen LogP contribution is 2.32. The molecule has 1 aromatic heterocycles. The van der Waals surface area contributed by atoms with Gasteiger partial charge in [-0.25, -0.2) is 0 Å². The van der Waals surface area contributed by atoms with Crippen LogP contribution in [0.4, 0.5) is 5.69 Å². The van der Waals surface area contributed by atoms with Crippen LogP contribution in [0.15, 0.2) is 36.4 Å². The minimum Gasteiger partial charge on any atom is -0.349 e. The first kappa shape index (κ1) is 13.9. The number of rotatable bonds is 3. The molecule has 2 heterocycles. The van der Waals surface area contributed by atoms with Crippen LogP contribution >= 0.6 is 0 Å². The Kier molecular flexibility index (Phi) is 3.58. The quantitative estimate of drug-likeness (QED) is 0.846. The molecule has 21 heavy (non-hydrogen) atoms. The standard InChI is InChI=1S/C18H22N2O/c1-13-8-9-14(2)19(13)11-10-18(21)20-15(3)12-16-6-4-5-7-17(16)20/h4-9,15H,10-12H2,1-3H3. The SMILES string of the molecule is Cc1ccc(C)n1CCC(=O)N1c2ccccc2CC1C. The van der Waals surface area contributed by atoms with E-state index in [1.165, 1.54) is 17.0 Å². The molecule has 3 nitrogen and oxygen atoms in total. The van der Waals surface area contributed by atoms with Crippen LogP contribution in [0.25, 0.3) is 0 Å². The molecule has 3 heteroatoms. The Labute approximate surface area is 126 Å². The van der Waals surface area contributed by atoms with E-state index >= 15 is 0 Å². The van der Waals surface area contributed by atoms with Crippen LogP contribution in [0.2, 0.25) is 0 Å². The van der Waals surface area contributed by atoms with E-state index in [1.807, 2.05) is 17.0 Å². The third-order valence-electron chi connectivity index (χ3n) is 4.44. The number of amides is 1. The highest BCUT2D eigenvalue weighted by Gasteiger charge is 2.30. The summed E-state index contributed by atoms with van der Waals surface area (Å²) in [6.07, 6.45) is 1.51. The lowest BCUT2D eigenvalue weighted by atomic mass is 10.1. The minimum atomic E-state index is 0.222. The summed E-state index contributed by atoms with van der Waals surface area (Å²) >= 11 is 0. The van der Waals surface area contributed by atoms with Gasteiger partial charge < -0.3 is 9.47 Å². The number of aryl methyl sites for hydroxylation is 2. The van der Waals surface area contributed by atoms with Crippen LogP contribution in [0.3, 0.4) is 0 Å². The fourth-order valence-corrected chi connectivity index (χ4v) is 3.33. The van der Waals surface area contributed by atoms with Crippen LogP contribution in [-0.2, 0) is 17.8 Å². The Hall–Kier alpha value is -2.03. The molecule has 1 atom stereocenters. The van der Waals surface area contributed by atoms with Crippen LogP contribution in [-0.4, -0.2) is 16.5 Å². The predicted molar refractivity (Wildman–Crippen MR) is 85.6 cm³/mol. The molecule has 1 aromatic carbocycles. The fraction of sp³-hybridized carbons (Fsp3) is 0.389. The number of aromatic nitrogens is 1. The van der Waals surface area contributed by atoms with Gasteiger partial charge in [0.05, 0.1) is 0 Å². The second-order valence-corrected chi connectivity index (χ2v) is 5.96. The zero-order valence-corrected chi connectivity index (χ0v) is 13.0. The van der Waals surface area contributed by atoms with Gasteiger partial charge in [0.15, 0.2) is 0 Å². The van der Waals surface area contributed by atoms with Gasteiger partial charge in [-0.05, 0) is 51.0 Å². The van der Waals surface area contributed by atoms with Crippen molar-refractivity contribution in [2.24, 2.45) is 0 Å². The summed E-state index contributed by atoms with van der Waals surface area (Å²) in [4.78, 5) is 14.6. The highest BCUT2D eigenvalue weighted by molar-refractivity contribution is 5.96. The van der Waals surface area contributed by atoms with Gasteiger partial charge in [0.2, 0.25) is 5.91 Å². The average molecular weight is 282 g/mol. The topological polar surface area (TPSA) is 25.2 Å². The van der Waals surface area contributed by atoms with Crippen LogP contribution in [0, 0.1) is 13.8 Å². The molecule has 1 aliphatic rings. The monoisotopic (exact) mass is 282 g/mol. The van der Waals surface area contributed by atoms with E-state index < -0.39 is 0 Å². The highest BCUT2D eigenvalue weighted by atomic mass is 16.2. The summed E-state index contributed by atoms with van der Waals surface area (Å²) in [5.74, 6) is 0.222. The number of carbonyl (C=O) groups is 1. The largest absolute Gasteiger partial charge is 0.349 e. The number of carbonyl (C=O) groups excluding carboxylic acids is 1. The average Bonchev–Trinajstić information content (AvgIpc) is 2.96. The Balaban J connectivity index is 1.74. The minimum absolute atomic E-state index is 0.222. The molecule has 0 N–H and O–H groups in total. The molecule has 3 rings (SSSR count). The molecular formula is C18H22N2O. The van der Waals surface area contributed by atoms with Gasteiger partial charge >= 0.3 is 0 Å². The molecule has 110 valence electrons. The molecule has 0 saturated carbocycles. The summed E-state index contributed by atoms with van der Waals surface area (Å²) in [5.41, 5.74) is 4.81. The van der Waals surface area contributed by atoms with Crippen molar-refractivity contribution in [3.05, 3.63) is 53.3 Å². The molecule has 0 saturated heterocycles. The van der Waals surface area contributed by atoms with E-state index in [-0.39, 0.29) is 11.9 Å². The summed E-state index contributed by atoms with van der Waals surface area (Å²) in [6, 6.07) is 12.7. The smallest absolute Gasteiger partial charge is 0.229 e. The van der Waals surface area contributed by atoms with Crippen molar-refractivity contribution in [1.29, 1.82) is 0 Å². The van der Waals surface area contributed by atoms with Crippen LogP contribution in [0.5, 0.6) is 0 Å². The summed E-state index contributed by atoms with van der Waals surface area (Å²) in [6.45, 7) is 7.06. The molecule has 1 unspecified atom stereocenters. The number of hydrogen-bond acceptors (Lipinski definition) is 1. The summed E-state index contributed by atoms with van der Waals surface area (Å²) in [7, 11) is 0. The molecular weight excluding hydrogens is 260 g/mol. The Morgan fingerprint density at radius 1 is 1.14 bits per heavy atom. The summed E-state index contributed by atoms with van der Waals surface area (Å²) in [5, 5.41) is 0. The molecule has 2 aromatic rings. The molecule has 0 fully saturated rings. The van der Waals surface area contributed by atoms with Crippen molar-refractivity contribution in [1.82, 2.24) is 4.57 Å². The Bertz CT molecular complexity index is 652. The molecule has 1 aliphatic heterocycles. The van der Waals surface area contributed by atoms with Crippen molar-refractivity contribution in [2.75, 3.05) is 4.90 Å². The number of fused-ring (bicyclic) bond motifs is 1. The first-order valence-electron chi connectivity index (χ1n) is 7.60. The van der Waals surface area contributed by atoms with E-state index in [9.17, 15) is 4.79 Å². The first-order chi connectivity index (χ1) is 10.1. The predicted octanol–water partition coefficient (Wildman–Crippen LogP) is 3.47. The molecule has 0 spiro atoms. The van der Waals surface area contributed by atoms with Crippen molar-refractivity contribution >= 4 is 11.6 Å². The third kappa shape index (κ3) is 2.48. The maximum atomic E-state index is 12.6. The van der Waals surface area contributed by atoms with Crippen molar-refractivity contribution < 1.29 is 4.79 Å². The van der Waals surface area contributed by atoms with Gasteiger partial charge in [-0.3, -0.25) is 4.79 Å². The van der Waals surface area contributed by atoms with E-state index in [1.54, 1.807) is 0 Å². The second kappa shape index (κ2) is 5.40. The Morgan fingerprint density at radius 3 is 2.52 bits per heavy atom. The van der Waals surface area contributed by atoms with E-state index in [0.717, 1.165) is 18.7 Å². The number of nitrogens with zero attached hydrogens (tertiary/aromatic N) is 2. The van der Waals surface area contributed by atoms with Gasteiger partial charge in [0, 0.05) is 36.1 Å². The second-order valence-electron chi connectivity index (χ2n) is 5.96. The molecule has 0 aliphatic carbocycles. The normalized spacial score (nSPS) is 17.1. The van der Waals surface area contributed by atoms with E-state index in [4.69, 9.17) is 0 Å². The lowest BCUT2D eigenvalue weighted by molar-refractivity contribution is -0.119. The number of anilines is 1. The zero-order chi connectivity index (χ0) is 15.0. The van der Waals surface area contributed by atoms with Gasteiger partial charge in [0.1, 0.15) is 0 Å². The van der Waals surface area contributed by atoms with Crippen molar-refractivity contribution in [3.63, 3.8) is 0 Å². The van der Waals surface area contributed by atoms with Gasteiger partial charge in [-0.2, -0.15) is 0 Å². The maximum absolute atomic E-state index is 12.6. The molecule has 0 radical (unpaired) electrons. The third-order valence-corrected chi connectivity index (χ3v) is 4.44. The molecule has 1 amide bonds. The summed E-state index contributed by atoms with van der Waals surface area (Å²) < 4.78 is 2.21. The van der Waals surface area contributed by atoms with E-state index in [2.05, 4.69) is 49.6 Å². The van der Waals surface area contributed by atoms with Gasteiger partial charge in [0.25, 0.3) is 0 Å². The van der Waals surface area contributed by atoms with Gasteiger partial charge in [-0.1, -0.05) is 18.2 Å². The van der Waals surface area contributed by atoms with Crippen LogP contribution in [0.1, 0.15) is 30.3 Å². The lowest BCUT2D eigenvalue weighted by Gasteiger charge is -2.23. The van der Waals surface area contributed by atoms with E-state index in [0.29, 0.717) is 6.42 Å². The van der Waals surface area contributed by atoms with Crippen molar-refractivity contribution in [3.8, 4) is 0 Å². The van der Waals surface area contributed by atoms with Crippen molar-refractivity contribution in [2.45, 2.75) is 46.2 Å². The molecule has 0 bridgehead atoms. The number of hydrogen-bond donors (Lipinski definition) is 0. The Morgan fingerprint density at radius 2 is 1.81 bits per heavy atom. The number of para-hydroxylation sites is 1. The van der Waals surface area contributed by atoms with Crippen LogP contribution < -0.4 is 4.90 Å². The first-order valence-corrected chi connectivity index (χ1v) is 7.60. The van der Waals surface area contributed by atoms with Gasteiger partial charge in [-0.15, -0.1) is 0 Å². The zero-order valence-electron chi connectivity index (χ0n) is 13.0.